The zero-order chi connectivity index (χ0) is 24.1. The van der Waals surface area contributed by atoms with Gasteiger partial charge in [-0.05, 0) is 29.8 Å². The van der Waals surface area contributed by atoms with Gasteiger partial charge in [-0.3, -0.25) is 9.59 Å². The van der Waals surface area contributed by atoms with E-state index in [-0.39, 0.29) is 23.5 Å². The highest BCUT2D eigenvalue weighted by molar-refractivity contribution is 7.99. The number of ether oxygens (including phenoxy) is 1. The molecule has 10 heteroatoms. The normalized spacial score (nSPS) is 15.4. The largest absolute Gasteiger partial charge is 0.465 e. The third kappa shape index (κ3) is 5.45. The van der Waals surface area contributed by atoms with Gasteiger partial charge in [0.15, 0.2) is 11.0 Å². The van der Waals surface area contributed by atoms with Crippen molar-refractivity contribution >= 4 is 35.2 Å². The molecule has 4 rings (SSSR count). The minimum Gasteiger partial charge on any atom is -0.465 e. The van der Waals surface area contributed by atoms with Crippen LogP contribution in [0.1, 0.15) is 34.1 Å². The molecule has 0 radical (unpaired) electrons. The summed E-state index contributed by atoms with van der Waals surface area (Å²) in [7, 11) is 3.15. The van der Waals surface area contributed by atoms with Crippen molar-refractivity contribution in [2.75, 3.05) is 24.7 Å². The second-order valence-electron chi connectivity index (χ2n) is 7.95. The second-order valence-corrected chi connectivity index (χ2v) is 8.89. The average Bonchev–Trinajstić information content (AvgIpc) is 3.40. The molecular weight excluding hydrogens is 454 g/mol. The van der Waals surface area contributed by atoms with Gasteiger partial charge in [0.05, 0.1) is 25.0 Å². The molecule has 1 fully saturated rings. The Labute approximate surface area is 201 Å². The van der Waals surface area contributed by atoms with E-state index in [1.807, 2.05) is 29.8 Å². The number of nitrogens with zero attached hydrogens (tertiary/aromatic N) is 4. The Balaban J connectivity index is 1.30. The van der Waals surface area contributed by atoms with Crippen molar-refractivity contribution in [1.29, 1.82) is 0 Å². The van der Waals surface area contributed by atoms with Crippen LogP contribution in [0.5, 0.6) is 0 Å². The quantitative estimate of drug-likeness (QED) is 0.391. The van der Waals surface area contributed by atoms with Crippen molar-refractivity contribution in [3.63, 3.8) is 0 Å². The van der Waals surface area contributed by atoms with Gasteiger partial charge >= 0.3 is 5.97 Å². The first-order valence-corrected chi connectivity index (χ1v) is 11.7. The smallest absolute Gasteiger partial charge is 0.337 e. The maximum Gasteiger partial charge on any atom is 0.337 e. The number of hydrogen-bond donors (Lipinski definition) is 1. The van der Waals surface area contributed by atoms with Crippen molar-refractivity contribution < 1.29 is 19.1 Å². The fourth-order valence-corrected chi connectivity index (χ4v) is 4.52. The number of esters is 1. The number of methoxy groups -OCH3 is 1. The number of hydrogen-bond acceptors (Lipinski definition) is 7. The van der Waals surface area contributed by atoms with E-state index in [1.165, 1.54) is 24.4 Å². The van der Waals surface area contributed by atoms with Crippen molar-refractivity contribution in [2.45, 2.75) is 24.0 Å². The summed E-state index contributed by atoms with van der Waals surface area (Å²) in [6, 6.07) is 16.5. The lowest BCUT2D eigenvalue weighted by atomic mass is 9.99. The fraction of sp³-hybridized carbons (Fsp3) is 0.292. The van der Waals surface area contributed by atoms with E-state index >= 15 is 0 Å². The van der Waals surface area contributed by atoms with Crippen LogP contribution in [0.25, 0.3) is 0 Å². The molecule has 1 aromatic heterocycles. The number of anilines is 1. The van der Waals surface area contributed by atoms with E-state index in [0.717, 1.165) is 0 Å². The minimum absolute atomic E-state index is 0.101. The molecule has 1 unspecified atom stereocenters. The number of likely N-dealkylation sites (tertiary alicyclic amines) is 1. The van der Waals surface area contributed by atoms with Gasteiger partial charge in [-0.25, -0.2) is 4.79 Å². The van der Waals surface area contributed by atoms with Crippen LogP contribution in [0.2, 0.25) is 0 Å². The summed E-state index contributed by atoms with van der Waals surface area (Å²) < 4.78 is 6.48. The molecule has 0 bridgehead atoms. The summed E-state index contributed by atoms with van der Waals surface area (Å²) in [5, 5.41) is 11.8. The van der Waals surface area contributed by atoms with E-state index in [9.17, 15) is 14.4 Å². The van der Waals surface area contributed by atoms with Crippen LogP contribution in [-0.2, 0) is 27.9 Å². The van der Waals surface area contributed by atoms with Crippen molar-refractivity contribution in [3.8, 4) is 0 Å². The van der Waals surface area contributed by atoms with Gasteiger partial charge in [0.1, 0.15) is 0 Å². The van der Waals surface area contributed by atoms with E-state index < -0.39 is 5.97 Å². The van der Waals surface area contributed by atoms with Crippen molar-refractivity contribution in [1.82, 2.24) is 19.7 Å². The molecule has 0 saturated carbocycles. The number of aromatic nitrogens is 3. The number of benzene rings is 2. The number of carbonyl (C=O) groups excluding carboxylic acids is 3. The van der Waals surface area contributed by atoms with Gasteiger partial charge in [-0.2, -0.15) is 0 Å². The molecular formula is C24H25N5O4S. The Morgan fingerprint density at radius 3 is 2.56 bits per heavy atom. The lowest BCUT2D eigenvalue weighted by Crippen LogP contribution is -2.26. The van der Waals surface area contributed by atoms with Crippen LogP contribution in [0.4, 0.5) is 5.69 Å². The first-order valence-electron chi connectivity index (χ1n) is 10.8. The summed E-state index contributed by atoms with van der Waals surface area (Å²) in [6.07, 6.45) is 0.490. The summed E-state index contributed by atoms with van der Waals surface area (Å²) in [5.74, 6) is 0.454. The Hall–Kier alpha value is -3.66. The lowest BCUT2D eigenvalue weighted by molar-refractivity contribution is -0.128. The maximum atomic E-state index is 12.5. The predicted octanol–water partition coefficient (Wildman–Crippen LogP) is 2.85. The van der Waals surface area contributed by atoms with Gasteiger partial charge < -0.3 is 19.5 Å². The molecule has 2 aromatic carbocycles. The highest BCUT2D eigenvalue weighted by atomic mass is 32.2. The van der Waals surface area contributed by atoms with E-state index in [0.29, 0.717) is 41.7 Å². The first-order chi connectivity index (χ1) is 16.4. The second kappa shape index (κ2) is 10.5. The molecule has 1 saturated heterocycles. The Morgan fingerprint density at radius 2 is 1.85 bits per heavy atom. The van der Waals surface area contributed by atoms with Crippen molar-refractivity contribution in [2.24, 2.45) is 7.05 Å². The highest BCUT2D eigenvalue weighted by Crippen LogP contribution is 2.29. The van der Waals surface area contributed by atoms with Gasteiger partial charge in [0.25, 0.3) is 0 Å². The molecule has 1 N–H and O–H groups in total. The SMILES string of the molecule is COC(=O)c1ccc(NC(=O)CSc2nnc(CN3CC(c4ccccc4)CC3=O)n2C)cc1. The summed E-state index contributed by atoms with van der Waals surface area (Å²) in [6.45, 7) is 1.03. The van der Waals surface area contributed by atoms with E-state index in [2.05, 4.69) is 32.4 Å². The molecule has 0 aliphatic carbocycles. The zero-order valence-electron chi connectivity index (χ0n) is 18.9. The van der Waals surface area contributed by atoms with Gasteiger partial charge in [0.2, 0.25) is 11.8 Å². The first kappa shape index (κ1) is 23.5. The number of carbonyl (C=O) groups is 3. The lowest BCUT2D eigenvalue weighted by Gasteiger charge is -2.16. The van der Waals surface area contributed by atoms with Gasteiger partial charge in [-0.1, -0.05) is 42.1 Å². The van der Waals surface area contributed by atoms with Crippen molar-refractivity contribution in [3.05, 3.63) is 71.5 Å². The molecule has 3 aromatic rings. The predicted molar refractivity (Wildman–Crippen MR) is 127 cm³/mol. The molecule has 1 aliphatic heterocycles. The maximum absolute atomic E-state index is 12.5. The van der Waals surface area contributed by atoms with E-state index in [4.69, 9.17) is 0 Å². The summed E-state index contributed by atoms with van der Waals surface area (Å²) in [5.41, 5.74) is 2.16. The summed E-state index contributed by atoms with van der Waals surface area (Å²) in [4.78, 5) is 38.2. The van der Waals surface area contributed by atoms with Crippen LogP contribution >= 0.6 is 11.8 Å². The molecule has 0 spiro atoms. The third-order valence-electron chi connectivity index (χ3n) is 5.66. The van der Waals surface area contributed by atoms with Crippen LogP contribution in [0, 0.1) is 0 Å². The number of thioether (sulfide) groups is 1. The monoisotopic (exact) mass is 479 g/mol. The molecule has 176 valence electrons. The fourth-order valence-electron chi connectivity index (χ4n) is 3.79. The minimum atomic E-state index is -0.433. The number of rotatable bonds is 8. The Morgan fingerprint density at radius 1 is 1.12 bits per heavy atom. The summed E-state index contributed by atoms with van der Waals surface area (Å²) >= 11 is 1.26. The van der Waals surface area contributed by atoms with Crippen LogP contribution in [0.15, 0.2) is 59.8 Å². The molecule has 2 amide bonds. The van der Waals surface area contributed by atoms with Crippen LogP contribution in [0.3, 0.4) is 0 Å². The van der Waals surface area contributed by atoms with E-state index in [1.54, 1.807) is 29.2 Å². The van der Waals surface area contributed by atoms with Crippen LogP contribution < -0.4 is 5.32 Å². The molecule has 1 atom stereocenters. The number of nitrogens with one attached hydrogen (secondary N) is 1. The van der Waals surface area contributed by atoms with Crippen LogP contribution in [-0.4, -0.2) is 56.9 Å². The standard InChI is InChI=1S/C24H25N5O4S/c1-28-20(14-29-13-18(12-22(29)31)16-6-4-3-5-7-16)26-27-24(28)34-15-21(30)25-19-10-8-17(9-11-19)23(32)33-2/h3-11,18H,12-15H2,1-2H3,(H,25,30). The molecule has 2 heterocycles. The zero-order valence-corrected chi connectivity index (χ0v) is 19.7. The molecule has 34 heavy (non-hydrogen) atoms. The molecule has 1 aliphatic rings. The average molecular weight is 480 g/mol. The number of amides is 2. The van der Waals surface area contributed by atoms with Gasteiger partial charge in [0, 0.05) is 31.6 Å². The topological polar surface area (TPSA) is 106 Å². The third-order valence-corrected chi connectivity index (χ3v) is 6.69. The Bertz CT molecular complexity index is 1180. The Kier molecular flexibility index (Phi) is 7.27. The van der Waals surface area contributed by atoms with Gasteiger partial charge in [-0.15, -0.1) is 10.2 Å². The highest BCUT2D eigenvalue weighted by Gasteiger charge is 2.31. The molecule has 9 nitrogen and oxygen atoms in total.